The summed E-state index contributed by atoms with van der Waals surface area (Å²) in [6.07, 6.45) is 1.98. The number of nitrogens with zero attached hydrogens (tertiary/aromatic N) is 1. The number of nitro benzene ring substituents is 1. The molecule has 5 heteroatoms. The number of hydrogen-bond acceptors (Lipinski definition) is 4. The van der Waals surface area contributed by atoms with Crippen LogP contribution < -0.4 is 4.74 Å². The van der Waals surface area contributed by atoms with Crippen molar-refractivity contribution < 1.29 is 14.5 Å². The first-order valence-corrected chi connectivity index (χ1v) is 5.46. The predicted molar refractivity (Wildman–Crippen MR) is 61.1 cm³/mol. The molecule has 0 bridgehead atoms. The summed E-state index contributed by atoms with van der Waals surface area (Å²) in [7, 11) is 1.45. The topological polar surface area (TPSA) is 69.4 Å². The van der Waals surface area contributed by atoms with Gasteiger partial charge in [0.2, 0.25) is 0 Å². The Bertz CT molecular complexity index is 466. The lowest BCUT2D eigenvalue weighted by atomic mass is 10.0. The average Bonchev–Trinajstić information content (AvgIpc) is 3.13. The van der Waals surface area contributed by atoms with Gasteiger partial charge in [-0.15, -0.1) is 0 Å². The van der Waals surface area contributed by atoms with E-state index >= 15 is 0 Å². The van der Waals surface area contributed by atoms with Crippen LogP contribution in [0.5, 0.6) is 5.75 Å². The maximum absolute atomic E-state index is 11.7. The van der Waals surface area contributed by atoms with Crippen molar-refractivity contribution in [3.05, 3.63) is 33.9 Å². The van der Waals surface area contributed by atoms with Crippen molar-refractivity contribution in [1.82, 2.24) is 0 Å². The monoisotopic (exact) mass is 235 g/mol. The van der Waals surface area contributed by atoms with Crippen LogP contribution in [0.3, 0.4) is 0 Å². The summed E-state index contributed by atoms with van der Waals surface area (Å²) < 4.78 is 4.94. The molecular formula is C12H13NO4. The highest BCUT2D eigenvalue weighted by atomic mass is 16.6. The smallest absolute Gasteiger partial charge is 0.276 e. The van der Waals surface area contributed by atoms with E-state index in [1.807, 2.05) is 0 Å². The molecule has 2 rings (SSSR count). The van der Waals surface area contributed by atoms with E-state index < -0.39 is 4.92 Å². The molecule has 1 aliphatic rings. The van der Waals surface area contributed by atoms with Crippen molar-refractivity contribution in [2.75, 3.05) is 7.11 Å². The zero-order valence-electron chi connectivity index (χ0n) is 9.51. The number of Topliss-reactive ketones (excluding diaryl/α,β-unsaturated/α-hetero) is 1. The molecule has 1 fully saturated rings. The Morgan fingerprint density at radius 3 is 2.76 bits per heavy atom. The first-order valence-electron chi connectivity index (χ1n) is 5.46. The summed E-state index contributed by atoms with van der Waals surface area (Å²) in [6.45, 7) is 0. The number of carbonyl (C=O) groups excluding carboxylic acids is 1. The predicted octanol–water partition coefficient (Wildman–Crippen LogP) is 2.12. The molecule has 1 aromatic rings. The average molecular weight is 235 g/mol. The van der Waals surface area contributed by atoms with Crippen molar-refractivity contribution in [1.29, 1.82) is 0 Å². The lowest BCUT2D eigenvalue weighted by molar-refractivity contribution is -0.385. The number of rotatable bonds is 5. The van der Waals surface area contributed by atoms with E-state index in [-0.39, 0.29) is 23.8 Å². The second-order valence-electron chi connectivity index (χ2n) is 4.17. The minimum Gasteiger partial charge on any atom is -0.497 e. The Balaban J connectivity index is 2.25. The summed E-state index contributed by atoms with van der Waals surface area (Å²) >= 11 is 0. The van der Waals surface area contributed by atoms with Crippen molar-refractivity contribution in [2.45, 2.75) is 19.3 Å². The molecule has 0 N–H and O–H groups in total. The van der Waals surface area contributed by atoms with Crippen molar-refractivity contribution in [3.8, 4) is 5.75 Å². The highest BCUT2D eigenvalue weighted by molar-refractivity contribution is 5.86. The number of ketones is 1. The minimum atomic E-state index is -0.474. The van der Waals surface area contributed by atoms with Crippen molar-refractivity contribution >= 4 is 11.5 Å². The highest BCUT2D eigenvalue weighted by Gasteiger charge is 2.30. The van der Waals surface area contributed by atoms with Crippen molar-refractivity contribution in [3.63, 3.8) is 0 Å². The zero-order valence-corrected chi connectivity index (χ0v) is 9.51. The quantitative estimate of drug-likeness (QED) is 0.579. The maximum Gasteiger partial charge on any atom is 0.276 e. The third kappa shape index (κ3) is 2.61. The number of benzene rings is 1. The Labute approximate surface area is 98.5 Å². The molecule has 0 amide bonds. The van der Waals surface area contributed by atoms with Gasteiger partial charge in [0.1, 0.15) is 11.5 Å². The van der Waals surface area contributed by atoms with Crippen LogP contribution in [-0.4, -0.2) is 17.8 Å². The fourth-order valence-corrected chi connectivity index (χ4v) is 1.73. The zero-order chi connectivity index (χ0) is 12.4. The Morgan fingerprint density at radius 2 is 2.24 bits per heavy atom. The number of carbonyl (C=O) groups is 1. The molecule has 0 aliphatic heterocycles. The number of ether oxygens (including phenoxy) is 1. The van der Waals surface area contributed by atoms with Crippen LogP contribution in [0.15, 0.2) is 18.2 Å². The molecule has 0 heterocycles. The Kier molecular flexibility index (Phi) is 3.08. The van der Waals surface area contributed by atoms with E-state index in [1.54, 1.807) is 12.1 Å². The molecule has 1 saturated carbocycles. The summed E-state index contributed by atoms with van der Waals surface area (Å²) in [5.41, 5.74) is 0.422. The van der Waals surface area contributed by atoms with Gasteiger partial charge in [-0.2, -0.15) is 0 Å². The van der Waals surface area contributed by atoms with Crippen LogP contribution in [0.4, 0.5) is 5.69 Å². The van der Waals surface area contributed by atoms with Crippen LogP contribution in [0.25, 0.3) is 0 Å². The molecule has 0 aromatic heterocycles. The van der Waals surface area contributed by atoms with Gasteiger partial charge in [0, 0.05) is 17.9 Å². The molecule has 0 saturated heterocycles. The molecule has 90 valence electrons. The van der Waals surface area contributed by atoms with E-state index in [0.29, 0.717) is 11.3 Å². The van der Waals surface area contributed by atoms with Gasteiger partial charge in [-0.1, -0.05) is 0 Å². The van der Waals surface area contributed by atoms with Gasteiger partial charge >= 0.3 is 0 Å². The maximum atomic E-state index is 11.7. The highest BCUT2D eigenvalue weighted by Crippen LogP contribution is 2.33. The van der Waals surface area contributed by atoms with Crippen LogP contribution in [-0.2, 0) is 11.2 Å². The molecule has 5 nitrogen and oxygen atoms in total. The standard InChI is InChI=1S/C12H13NO4/c1-17-10-5-4-9(11(7-10)13(15)16)6-12(14)8-2-3-8/h4-5,7-8H,2-3,6H2,1H3. The van der Waals surface area contributed by atoms with Gasteiger partial charge in [0.25, 0.3) is 5.69 Å². The first-order chi connectivity index (χ1) is 8.11. The summed E-state index contributed by atoms with van der Waals surface area (Å²) in [6, 6.07) is 4.59. The molecule has 17 heavy (non-hydrogen) atoms. The molecule has 0 atom stereocenters. The van der Waals surface area contributed by atoms with Gasteiger partial charge < -0.3 is 4.74 Å². The normalized spacial score (nSPS) is 14.4. The third-order valence-corrected chi connectivity index (χ3v) is 2.89. The SMILES string of the molecule is COc1ccc(CC(=O)C2CC2)c([N+](=O)[O-])c1. The minimum absolute atomic E-state index is 0.0432. The van der Waals surface area contributed by atoms with E-state index in [0.717, 1.165) is 12.8 Å². The van der Waals surface area contributed by atoms with E-state index in [1.165, 1.54) is 13.2 Å². The molecular weight excluding hydrogens is 222 g/mol. The van der Waals surface area contributed by atoms with Crippen molar-refractivity contribution in [2.24, 2.45) is 5.92 Å². The fourth-order valence-electron chi connectivity index (χ4n) is 1.73. The molecule has 0 spiro atoms. The lowest BCUT2D eigenvalue weighted by Crippen LogP contribution is -2.07. The Morgan fingerprint density at radius 1 is 1.53 bits per heavy atom. The van der Waals surface area contributed by atoms with Crippen LogP contribution in [0.2, 0.25) is 0 Å². The van der Waals surface area contributed by atoms with Gasteiger partial charge in [-0.05, 0) is 25.0 Å². The summed E-state index contributed by atoms with van der Waals surface area (Å²) in [5.74, 6) is 0.647. The van der Waals surface area contributed by atoms with Gasteiger partial charge in [0.15, 0.2) is 0 Å². The number of methoxy groups -OCH3 is 1. The number of hydrogen-bond donors (Lipinski definition) is 0. The summed E-state index contributed by atoms with van der Waals surface area (Å²) in [4.78, 5) is 22.1. The molecule has 1 aliphatic carbocycles. The fraction of sp³-hybridized carbons (Fsp3) is 0.417. The van der Waals surface area contributed by atoms with Gasteiger partial charge in [0.05, 0.1) is 18.1 Å². The third-order valence-electron chi connectivity index (χ3n) is 2.89. The number of nitro groups is 1. The van der Waals surface area contributed by atoms with Crippen LogP contribution in [0, 0.1) is 16.0 Å². The molecule has 0 unspecified atom stereocenters. The lowest BCUT2D eigenvalue weighted by Gasteiger charge is -2.04. The largest absolute Gasteiger partial charge is 0.497 e. The van der Waals surface area contributed by atoms with E-state index in [9.17, 15) is 14.9 Å². The van der Waals surface area contributed by atoms with E-state index in [2.05, 4.69) is 0 Å². The molecule has 0 radical (unpaired) electrons. The van der Waals surface area contributed by atoms with Crippen LogP contribution in [0.1, 0.15) is 18.4 Å². The second kappa shape index (κ2) is 4.53. The second-order valence-corrected chi connectivity index (χ2v) is 4.17. The molecule has 1 aromatic carbocycles. The van der Waals surface area contributed by atoms with Gasteiger partial charge in [-0.25, -0.2) is 0 Å². The van der Waals surface area contributed by atoms with E-state index in [4.69, 9.17) is 4.74 Å². The first kappa shape index (κ1) is 11.6. The van der Waals surface area contributed by atoms with Crippen LogP contribution >= 0.6 is 0 Å². The Hall–Kier alpha value is -1.91. The summed E-state index contributed by atoms with van der Waals surface area (Å²) in [5, 5.41) is 10.9. The van der Waals surface area contributed by atoms with Gasteiger partial charge in [-0.3, -0.25) is 14.9 Å².